The third-order valence-electron chi connectivity index (χ3n) is 0. The van der Waals surface area contributed by atoms with Crippen LogP contribution in [-0.2, 0) is 0 Å². The van der Waals surface area contributed by atoms with Gasteiger partial charge in [0.15, 0.2) is 0 Å². The van der Waals surface area contributed by atoms with E-state index >= 15 is 0 Å². The minimum absolute atomic E-state index is 1.56. The van der Waals surface area contributed by atoms with Crippen LogP contribution in [0.3, 0.4) is 0 Å². The standard InChI is InChI=1S/C2H3Br.CH2O3/c1-2-3;2-1(3)4/h2H,1H2;(H2,2,3,4). The first-order valence-electron chi connectivity index (χ1n) is 1.28. The molecule has 4 heteroatoms. The number of rotatable bonds is 0. The van der Waals surface area contributed by atoms with Gasteiger partial charge in [0.2, 0.25) is 0 Å². The Hall–Kier alpha value is -0.510. The Balaban J connectivity index is 0. The van der Waals surface area contributed by atoms with E-state index in [1.54, 1.807) is 4.99 Å². The third-order valence-corrected chi connectivity index (χ3v) is 0. The molecule has 0 unspecified atom stereocenters. The average molecular weight is 169 g/mol. The molecular formula is C3H5BrO3. The van der Waals surface area contributed by atoms with Gasteiger partial charge in [-0.3, -0.25) is 0 Å². The van der Waals surface area contributed by atoms with Crippen LogP contribution in [0.25, 0.3) is 0 Å². The fraction of sp³-hybridized carbons (Fsp3) is 0. The molecule has 0 heterocycles. The highest BCUT2D eigenvalue weighted by molar-refractivity contribution is 9.11. The molecule has 42 valence electrons. The molecule has 0 aromatic heterocycles. The lowest BCUT2D eigenvalue weighted by Gasteiger charge is -1.60. The average Bonchev–Trinajstić information content (AvgIpc) is 1.33. The maximum Gasteiger partial charge on any atom is 0.503 e. The maximum atomic E-state index is 8.56. The van der Waals surface area contributed by atoms with E-state index in [-0.39, 0.29) is 0 Å². The van der Waals surface area contributed by atoms with Crippen molar-refractivity contribution < 1.29 is 15.0 Å². The highest BCUT2D eigenvalue weighted by atomic mass is 79.9. The molecule has 7 heavy (non-hydrogen) atoms. The van der Waals surface area contributed by atoms with Crippen LogP contribution in [-0.4, -0.2) is 16.4 Å². The highest BCUT2D eigenvalue weighted by Gasteiger charge is 1.70. The minimum atomic E-state index is -1.83. The van der Waals surface area contributed by atoms with Gasteiger partial charge in [-0.05, 0) is 4.99 Å². The first kappa shape index (κ1) is 9.70. The van der Waals surface area contributed by atoms with Crippen molar-refractivity contribution in [2.45, 2.75) is 0 Å². The van der Waals surface area contributed by atoms with Crippen LogP contribution in [0.5, 0.6) is 0 Å². The van der Waals surface area contributed by atoms with Gasteiger partial charge >= 0.3 is 6.16 Å². The predicted octanol–water partition coefficient (Wildman–Crippen LogP) is 1.75. The van der Waals surface area contributed by atoms with Gasteiger partial charge in [-0.1, -0.05) is 22.5 Å². The van der Waals surface area contributed by atoms with E-state index in [1.807, 2.05) is 0 Å². The zero-order valence-electron chi connectivity index (χ0n) is 3.47. The molecule has 0 fully saturated rings. The molecule has 0 atom stereocenters. The van der Waals surface area contributed by atoms with Gasteiger partial charge in [0.25, 0.3) is 0 Å². The normalized spacial score (nSPS) is 5.29. The van der Waals surface area contributed by atoms with Crippen molar-refractivity contribution in [2.75, 3.05) is 0 Å². The van der Waals surface area contributed by atoms with Gasteiger partial charge in [-0.15, -0.1) is 0 Å². The lowest BCUT2D eigenvalue weighted by molar-refractivity contribution is 0.137. The van der Waals surface area contributed by atoms with E-state index in [9.17, 15) is 0 Å². The molecule has 0 aliphatic rings. The van der Waals surface area contributed by atoms with E-state index in [4.69, 9.17) is 15.0 Å². The molecule has 0 aromatic carbocycles. The molecule has 0 spiro atoms. The summed E-state index contributed by atoms with van der Waals surface area (Å²) in [4.78, 5) is 10.1. The Bertz CT molecular complexity index is 57.2. The summed E-state index contributed by atoms with van der Waals surface area (Å²) in [5.41, 5.74) is 0. The molecule has 3 nitrogen and oxygen atoms in total. The van der Waals surface area contributed by atoms with Gasteiger partial charge in [-0.25, -0.2) is 4.79 Å². The van der Waals surface area contributed by atoms with Crippen molar-refractivity contribution in [1.82, 2.24) is 0 Å². The molecule has 0 amide bonds. The number of carbonyl (C=O) groups is 1. The SMILES string of the molecule is C=CBr.O=C(O)O. The van der Waals surface area contributed by atoms with E-state index < -0.39 is 6.16 Å². The summed E-state index contributed by atoms with van der Waals surface area (Å²) in [7, 11) is 0. The zero-order chi connectivity index (χ0) is 6.28. The molecular weight excluding hydrogens is 164 g/mol. The second-order valence-electron chi connectivity index (χ2n) is 0.437. The molecule has 0 aromatic rings. The lowest BCUT2D eigenvalue weighted by atomic mass is 11.3. The van der Waals surface area contributed by atoms with Gasteiger partial charge in [0, 0.05) is 0 Å². The number of halogens is 1. The van der Waals surface area contributed by atoms with Crippen molar-refractivity contribution in [2.24, 2.45) is 0 Å². The Morgan fingerprint density at radius 3 is 1.71 bits per heavy atom. The van der Waals surface area contributed by atoms with Crippen LogP contribution >= 0.6 is 15.9 Å². The quantitative estimate of drug-likeness (QED) is 0.580. The number of hydrogen-bond donors (Lipinski definition) is 2. The van der Waals surface area contributed by atoms with Crippen molar-refractivity contribution in [3.8, 4) is 0 Å². The molecule has 0 rings (SSSR count). The van der Waals surface area contributed by atoms with Crippen LogP contribution in [0.2, 0.25) is 0 Å². The third kappa shape index (κ3) is 257. The van der Waals surface area contributed by atoms with E-state index in [0.29, 0.717) is 0 Å². The lowest BCUT2D eigenvalue weighted by Crippen LogP contribution is -1.81. The molecule has 0 saturated carbocycles. The molecule has 0 bridgehead atoms. The summed E-state index contributed by atoms with van der Waals surface area (Å²) in [5, 5.41) is 13.9. The maximum absolute atomic E-state index is 8.56. The smallest absolute Gasteiger partial charge is 0.450 e. The summed E-state index contributed by atoms with van der Waals surface area (Å²) in [6.07, 6.45) is -1.83. The largest absolute Gasteiger partial charge is 0.503 e. The van der Waals surface area contributed by atoms with Crippen molar-refractivity contribution in [3.63, 3.8) is 0 Å². The second kappa shape index (κ2) is 9.09. The highest BCUT2D eigenvalue weighted by Crippen LogP contribution is 1.68. The Kier molecular flexibility index (Phi) is 12.6. The van der Waals surface area contributed by atoms with Gasteiger partial charge in [-0.2, -0.15) is 0 Å². The topological polar surface area (TPSA) is 57.5 Å². The summed E-state index contributed by atoms with van der Waals surface area (Å²) in [6.45, 7) is 3.28. The van der Waals surface area contributed by atoms with E-state index in [0.717, 1.165) is 0 Å². The fourth-order valence-electron chi connectivity index (χ4n) is 0. The number of hydrogen-bond acceptors (Lipinski definition) is 1. The minimum Gasteiger partial charge on any atom is -0.450 e. The van der Waals surface area contributed by atoms with Crippen molar-refractivity contribution >= 4 is 22.1 Å². The summed E-state index contributed by atoms with van der Waals surface area (Å²) >= 11 is 2.91. The number of carboxylic acid groups (broad SMARTS) is 2. The summed E-state index contributed by atoms with van der Waals surface area (Å²) < 4.78 is 0. The summed E-state index contributed by atoms with van der Waals surface area (Å²) in [6, 6.07) is 0. The Morgan fingerprint density at radius 2 is 1.71 bits per heavy atom. The Labute approximate surface area is 49.4 Å². The van der Waals surface area contributed by atoms with Crippen LogP contribution in [0.4, 0.5) is 4.79 Å². The Morgan fingerprint density at radius 1 is 1.71 bits per heavy atom. The summed E-state index contributed by atoms with van der Waals surface area (Å²) in [5.74, 6) is 0. The monoisotopic (exact) mass is 168 g/mol. The van der Waals surface area contributed by atoms with Crippen LogP contribution in [0.15, 0.2) is 11.6 Å². The van der Waals surface area contributed by atoms with Gasteiger partial charge < -0.3 is 10.2 Å². The van der Waals surface area contributed by atoms with Crippen LogP contribution in [0.1, 0.15) is 0 Å². The molecule has 0 saturated heterocycles. The van der Waals surface area contributed by atoms with Gasteiger partial charge in [0.1, 0.15) is 0 Å². The van der Waals surface area contributed by atoms with Crippen LogP contribution in [0, 0.1) is 0 Å². The van der Waals surface area contributed by atoms with E-state index in [2.05, 4.69) is 22.5 Å². The molecule has 0 aliphatic heterocycles. The zero-order valence-corrected chi connectivity index (χ0v) is 5.05. The molecule has 0 aliphatic carbocycles. The van der Waals surface area contributed by atoms with Crippen molar-refractivity contribution in [3.05, 3.63) is 11.6 Å². The predicted molar refractivity (Wildman–Crippen MR) is 29.8 cm³/mol. The first-order chi connectivity index (χ1) is 3.15. The molecule has 0 radical (unpaired) electrons. The fourth-order valence-corrected chi connectivity index (χ4v) is 0. The van der Waals surface area contributed by atoms with Gasteiger partial charge in [0.05, 0.1) is 0 Å². The first-order valence-corrected chi connectivity index (χ1v) is 2.19. The van der Waals surface area contributed by atoms with E-state index in [1.165, 1.54) is 0 Å². The van der Waals surface area contributed by atoms with Crippen LogP contribution < -0.4 is 0 Å². The molecule has 2 N–H and O–H groups in total. The van der Waals surface area contributed by atoms with Crippen molar-refractivity contribution in [1.29, 1.82) is 0 Å². The second-order valence-corrected chi connectivity index (χ2v) is 1.08.